The van der Waals surface area contributed by atoms with Crippen LogP contribution in [-0.4, -0.2) is 13.4 Å². The zero-order valence-corrected chi connectivity index (χ0v) is 12.3. The summed E-state index contributed by atoms with van der Waals surface area (Å²) in [7, 11) is 1.64. The van der Waals surface area contributed by atoms with Crippen LogP contribution in [0.15, 0.2) is 65.1 Å². The van der Waals surface area contributed by atoms with E-state index >= 15 is 0 Å². The molecule has 0 aliphatic heterocycles. The SMILES string of the molecule is COc1ccc(Cc2cc(C=O)c(-c3ccccc3)o2)cc1. The molecule has 2 aromatic carbocycles. The highest BCUT2D eigenvalue weighted by Gasteiger charge is 2.12. The Kier molecular flexibility index (Phi) is 4.05. The Morgan fingerprint density at radius 1 is 1.05 bits per heavy atom. The third-order valence-corrected chi connectivity index (χ3v) is 3.51. The minimum Gasteiger partial charge on any atom is -0.497 e. The molecule has 1 aromatic heterocycles. The van der Waals surface area contributed by atoms with Crippen molar-refractivity contribution in [2.75, 3.05) is 7.11 Å². The first-order chi connectivity index (χ1) is 10.8. The van der Waals surface area contributed by atoms with Crippen molar-refractivity contribution in [1.82, 2.24) is 0 Å². The van der Waals surface area contributed by atoms with E-state index in [9.17, 15) is 4.79 Å². The average molecular weight is 292 g/mol. The molecule has 0 amide bonds. The number of hydrogen-bond acceptors (Lipinski definition) is 3. The van der Waals surface area contributed by atoms with Gasteiger partial charge in [-0.2, -0.15) is 0 Å². The summed E-state index contributed by atoms with van der Waals surface area (Å²) in [6.45, 7) is 0. The van der Waals surface area contributed by atoms with Crippen LogP contribution in [0.5, 0.6) is 5.75 Å². The minimum absolute atomic E-state index is 0.578. The van der Waals surface area contributed by atoms with E-state index < -0.39 is 0 Å². The average Bonchev–Trinajstić information content (AvgIpc) is 2.99. The Morgan fingerprint density at radius 3 is 2.41 bits per heavy atom. The summed E-state index contributed by atoms with van der Waals surface area (Å²) in [5, 5.41) is 0. The molecule has 0 saturated heterocycles. The molecule has 0 aliphatic carbocycles. The van der Waals surface area contributed by atoms with Gasteiger partial charge in [-0.15, -0.1) is 0 Å². The van der Waals surface area contributed by atoms with Gasteiger partial charge in [0.15, 0.2) is 6.29 Å². The minimum atomic E-state index is 0.578. The van der Waals surface area contributed by atoms with Crippen LogP contribution in [0.2, 0.25) is 0 Å². The van der Waals surface area contributed by atoms with E-state index in [4.69, 9.17) is 9.15 Å². The zero-order chi connectivity index (χ0) is 15.4. The summed E-state index contributed by atoms with van der Waals surface area (Å²) in [5.74, 6) is 2.21. The predicted octanol–water partition coefficient (Wildman–Crippen LogP) is 4.36. The highest BCUT2D eigenvalue weighted by atomic mass is 16.5. The van der Waals surface area contributed by atoms with Crippen LogP contribution in [-0.2, 0) is 6.42 Å². The van der Waals surface area contributed by atoms with E-state index in [-0.39, 0.29) is 0 Å². The van der Waals surface area contributed by atoms with Crippen molar-refractivity contribution < 1.29 is 13.9 Å². The first kappa shape index (κ1) is 14.1. The fraction of sp³-hybridized carbons (Fsp3) is 0.105. The summed E-state index contributed by atoms with van der Waals surface area (Å²) in [5.41, 5.74) is 2.59. The second-order valence-corrected chi connectivity index (χ2v) is 5.01. The Hall–Kier alpha value is -2.81. The maximum Gasteiger partial charge on any atom is 0.153 e. The summed E-state index contributed by atoms with van der Waals surface area (Å²) in [6, 6.07) is 19.3. The van der Waals surface area contributed by atoms with Crippen LogP contribution in [0.25, 0.3) is 11.3 Å². The summed E-state index contributed by atoms with van der Waals surface area (Å²) in [4.78, 5) is 11.3. The fourth-order valence-corrected chi connectivity index (χ4v) is 2.39. The van der Waals surface area contributed by atoms with Gasteiger partial charge in [-0.05, 0) is 23.8 Å². The number of rotatable bonds is 5. The lowest BCUT2D eigenvalue weighted by Crippen LogP contribution is -1.87. The number of methoxy groups -OCH3 is 1. The second kappa shape index (κ2) is 6.31. The zero-order valence-electron chi connectivity index (χ0n) is 12.3. The van der Waals surface area contributed by atoms with Crippen molar-refractivity contribution in [2.24, 2.45) is 0 Å². The lowest BCUT2D eigenvalue weighted by atomic mass is 10.1. The van der Waals surface area contributed by atoms with Gasteiger partial charge in [0, 0.05) is 12.0 Å². The fourth-order valence-electron chi connectivity index (χ4n) is 2.39. The second-order valence-electron chi connectivity index (χ2n) is 5.01. The molecule has 0 radical (unpaired) electrons. The van der Waals surface area contributed by atoms with Gasteiger partial charge in [-0.25, -0.2) is 0 Å². The van der Waals surface area contributed by atoms with Crippen molar-refractivity contribution in [3.63, 3.8) is 0 Å². The highest BCUT2D eigenvalue weighted by Crippen LogP contribution is 2.27. The molecule has 3 rings (SSSR count). The van der Waals surface area contributed by atoms with E-state index in [0.29, 0.717) is 17.7 Å². The Labute approximate surface area is 129 Å². The third kappa shape index (κ3) is 2.93. The van der Waals surface area contributed by atoms with Crippen LogP contribution in [0.4, 0.5) is 0 Å². The number of carbonyl (C=O) groups excluding carboxylic acids is 1. The molecule has 0 saturated carbocycles. The lowest BCUT2D eigenvalue weighted by molar-refractivity contribution is 0.112. The van der Waals surface area contributed by atoms with Gasteiger partial charge >= 0.3 is 0 Å². The van der Waals surface area contributed by atoms with Gasteiger partial charge in [0.05, 0.1) is 12.7 Å². The van der Waals surface area contributed by atoms with E-state index in [0.717, 1.165) is 28.9 Å². The summed E-state index contributed by atoms with van der Waals surface area (Å²) in [6.07, 6.45) is 1.47. The molecule has 0 bridgehead atoms. The Balaban J connectivity index is 1.88. The van der Waals surface area contributed by atoms with E-state index in [1.807, 2.05) is 54.6 Å². The molecule has 0 fully saturated rings. The van der Waals surface area contributed by atoms with Crippen LogP contribution < -0.4 is 4.74 Å². The van der Waals surface area contributed by atoms with Gasteiger partial charge in [0.2, 0.25) is 0 Å². The summed E-state index contributed by atoms with van der Waals surface area (Å²) >= 11 is 0. The van der Waals surface area contributed by atoms with Gasteiger partial charge in [0.25, 0.3) is 0 Å². The predicted molar refractivity (Wildman–Crippen MR) is 85.3 cm³/mol. The molecule has 1 heterocycles. The van der Waals surface area contributed by atoms with E-state index in [1.165, 1.54) is 0 Å². The van der Waals surface area contributed by atoms with Crippen LogP contribution in [0.3, 0.4) is 0 Å². The largest absolute Gasteiger partial charge is 0.497 e. The smallest absolute Gasteiger partial charge is 0.153 e. The molecule has 0 atom stereocenters. The Morgan fingerprint density at radius 2 is 1.77 bits per heavy atom. The van der Waals surface area contributed by atoms with Gasteiger partial charge in [-0.1, -0.05) is 42.5 Å². The molecule has 3 heteroatoms. The molecule has 3 nitrogen and oxygen atoms in total. The first-order valence-electron chi connectivity index (χ1n) is 7.06. The lowest BCUT2D eigenvalue weighted by Gasteiger charge is -2.02. The van der Waals surface area contributed by atoms with Crippen molar-refractivity contribution in [2.45, 2.75) is 6.42 Å². The number of aldehydes is 1. The maximum absolute atomic E-state index is 11.3. The number of ether oxygens (including phenoxy) is 1. The van der Waals surface area contributed by atoms with Crippen molar-refractivity contribution in [3.05, 3.63) is 77.6 Å². The molecule has 22 heavy (non-hydrogen) atoms. The molecule has 0 aliphatic rings. The van der Waals surface area contributed by atoms with E-state index in [2.05, 4.69) is 0 Å². The molecule has 110 valence electrons. The molecular formula is C19H16O3. The summed E-state index contributed by atoms with van der Waals surface area (Å²) < 4.78 is 11.0. The van der Waals surface area contributed by atoms with Gasteiger partial charge in [0.1, 0.15) is 17.3 Å². The maximum atomic E-state index is 11.3. The highest BCUT2D eigenvalue weighted by molar-refractivity contribution is 5.85. The molecule has 3 aromatic rings. The first-order valence-corrected chi connectivity index (χ1v) is 7.06. The number of hydrogen-bond donors (Lipinski definition) is 0. The number of carbonyl (C=O) groups is 1. The number of benzene rings is 2. The van der Waals surface area contributed by atoms with Crippen LogP contribution >= 0.6 is 0 Å². The number of furan rings is 1. The molecule has 0 N–H and O–H groups in total. The van der Waals surface area contributed by atoms with Crippen molar-refractivity contribution >= 4 is 6.29 Å². The van der Waals surface area contributed by atoms with Gasteiger partial charge < -0.3 is 9.15 Å². The van der Waals surface area contributed by atoms with Crippen molar-refractivity contribution in [1.29, 1.82) is 0 Å². The molecule has 0 spiro atoms. The Bertz CT molecular complexity index is 755. The standard InChI is InChI=1S/C19H16O3/c1-21-17-9-7-14(8-10-17)11-18-12-16(13-20)19(22-18)15-5-3-2-4-6-15/h2-10,12-13H,11H2,1H3. The van der Waals surface area contributed by atoms with Gasteiger partial charge in [-0.3, -0.25) is 4.79 Å². The molecule has 0 unspecified atom stereocenters. The third-order valence-electron chi connectivity index (χ3n) is 3.51. The van der Waals surface area contributed by atoms with Crippen LogP contribution in [0, 0.1) is 0 Å². The monoisotopic (exact) mass is 292 g/mol. The van der Waals surface area contributed by atoms with Crippen molar-refractivity contribution in [3.8, 4) is 17.1 Å². The van der Waals surface area contributed by atoms with Crippen LogP contribution in [0.1, 0.15) is 21.7 Å². The normalized spacial score (nSPS) is 10.4. The quantitative estimate of drug-likeness (QED) is 0.656. The molecular weight excluding hydrogens is 276 g/mol. The van der Waals surface area contributed by atoms with E-state index in [1.54, 1.807) is 13.2 Å². The topological polar surface area (TPSA) is 39.4 Å².